The van der Waals surface area contributed by atoms with E-state index in [1.807, 2.05) is 30.3 Å². The van der Waals surface area contributed by atoms with Gasteiger partial charge in [-0.15, -0.1) is 0 Å². The molecule has 0 spiro atoms. The number of nitrogens with zero attached hydrogens (tertiary/aromatic N) is 2. The first-order valence-corrected chi connectivity index (χ1v) is 13.5. The average molecular weight is 508 g/mol. The molecule has 2 rings (SSSR count). The Bertz CT molecular complexity index is 1040. The molecular formula is C25H34ClN3O4S. The van der Waals surface area contributed by atoms with Gasteiger partial charge < -0.3 is 10.2 Å². The van der Waals surface area contributed by atoms with Crippen molar-refractivity contribution in [1.29, 1.82) is 0 Å². The van der Waals surface area contributed by atoms with Gasteiger partial charge in [-0.25, -0.2) is 8.42 Å². The molecule has 0 saturated carbocycles. The average Bonchev–Trinajstić information content (AvgIpc) is 2.77. The zero-order chi connectivity index (χ0) is 25.3. The third kappa shape index (κ3) is 9.08. The van der Waals surface area contributed by atoms with Gasteiger partial charge in [-0.1, -0.05) is 67.9 Å². The fourth-order valence-corrected chi connectivity index (χ4v) is 3.81. The third-order valence-electron chi connectivity index (χ3n) is 5.48. The Morgan fingerprint density at radius 3 is 2.18 bits per heavy atom. The number of halogens is 1. The van der Waals surface area contributed by atoms with Crippen LogP contribution in [0.4, 0.5) is 0 Å². The summed E-state index contributed by atoms with van der Waals surface area (Å²) < 4.78 is 24.9. The second-order valence-electron chi connectivity index (χ2n) is 8.85. The fourth-order valence-electron chi connectivity index (χ4n) is 3.34. The minimum atomic E-state index is -3.57. The Labute approximate surface area is 208 Å². The van der Waals surface area contributed by atoms with Gasteiger partial charge in [0.2, 0.25) is 21.8 Å². The maximum atomic E-state index is 13.4. The molecule has 0 fully saturated rings. The summed E-state index contributed by atoms with van der Waals surface area (Å²) in [5, 5.41) is 3.52. The summed E-state index contributed by atoms with van der Waals surface area (Å²) in [6.07, 6.45) is 2.16. The minimum absolute atomic E-state index is 0.142. The lowest BCUT2D eigenvalue weighted by Gasteiger charge is -2.32. The molecule has 0 radical (unpaired) electrons. The van der Waals surface area contributed by atoms with Crippen molar-refractivity contribution in [2.45, 2.75) is 39.3 Å². The Morgan fingerprint density at radius 2 is 1.62 bits per heavy atom. The molecule has 0 unspecified atom stereocenters. The van der Waals surface area contributed by atoms with Crippen LogP contribution in [-0.4, -0.2) is 61.9 Å². The highest BCUT2D eigenvalue weighted by molar-refractivity contribution is 7.88. The molecule has 2 amide bonds. The number of carbonyl (C=O) groups excluding carboxylic acids is 2. The lowest BCUT2D eigenvalue weighted by molar-refractivity contribution is -0.141. The van der Waals surface area contributed by atoms with E-state index in [0.29, 0.717) is 23.9 Å². The van der Waals surface area contributed by atoms with Crippen molar-refractivity contribution in [2.75, 3.05) is 26.4 Å². The van der Waals surface area contributed by atoms with Crippen LogP contribution in [0.3, 0.4) is 0 Å². The lowest BCUT2D eigenvalue weighted by atomic mass is 10.0. The topological polar surface area (TPSA) is 86.8 Å². The smallest absolute Gasteiger partial charge is 0.243 e. The lowest BCUT2D eigenvalue weighted by Crippen LogP contribution is -2.53. The first kappa shape index (κ1) is 27.8. The highest BCUT2D eigenvalue weighted by Gasteiger charge is 2.31. The van der Waals surface area contributed by atoms with Crippen LogP contribution in [0.2, 0.25) is 5.02 Å². The van der Waals surface area contributed by atoms with Gasteiger partial charge in [-0.05, 0) is 35.6 Å². The minimum Gasteiger partial charge on any atom is -0.354 e. The molecule has 9 heteroatoms. The predicted molar refractivity (Wildman–Crippen MR) is 136 cm³/mol. The quantitative estimate of drug-likeness (QED) is 0.477. The summed E-state index contributed by atoms with van der Waals surface area (Å²) in [6, 6.07) is 15.7. The number of carbonyl (C=O) groups is 2. The van der Waals surface area contributed by atoms with Crippen LogP contribution in [0.15, 0.2) is 54.6 Å². The summed E-state index contributed by atoms with van der Waals surface area (Å²) in [4.78, 5) is 28.2. The molecule has 2 aromatic carbocycles. The summed E-state index contributed by atoms with van der Waals surface area (Å²) >= 11 is 6.01. The molecule has 0 saturated heterocycles. The van der Waals surface area contributed by atoms with E-state index >= 15 is 0 Å². The summed E-state index contributed by atoms with van der Waals surface area (Å²) in [5.41, 5.74) is 1.68. The number of nitrogens with one attached hydrogen (secondary N) is 1. The van der Waals surface area contributed by atoms with E-state index in [0.717, 1.165) is 28.1 Å². The number of rotatable bonds is 12. The van der Waals surface area contributed by atoms with Crippen molar-refractivity contribution in [1.82, 2.24) is 14.5 Å². The van der Waals surface area contributed by atoms with Gasteiger partial charge in [0, 0.05) is 31.6 Å². The van der Waals surface area contributed by atoms with Crippen molar-refractivity contribution in [2.24, 2.45) is 5.92 Å². The first-order chi connectivity index (χ1) is 16.0. The summed E-state index contributed by atoms with van der Waals surface area (Å²) in [6.45, 7) is 4.42. The van der Waals surface area contributed by atoms with Crippen molar-refractivity contribution in [3.05, 3.63) is 70.7 Å². The number of benzene rings is 2. The van der Waals surface area contributed by atoms with E-state index < -0.39 is 22.0 Å². The molecule has 0 heterocycles. The summed E-state index contributed by atoms with van der Waals surface area (Å²) in [7, 11) is -2.22. The largest absolute Gasteiger partial charge is 0.354 e. The predicted octanol–water partition coefficient (Wildman–Crippen LogP) is 3.33. The molecule has 1 atom stereocenters. The van der Waals surface area contributed by atoms with Gasteiger partial charge in [0.1, 0.15) is 6.04 Å². The maximum absolute atomic E-state index is 13.4. The zero-order valence-corrected chi connectivity index (χ0v) is 21.8. The van der Waals surface area contributed by atoms with Crippen molar-refractivity contribution in [3.8, 4) is 0 Å². The van der Waals surface area contributed by atoms with Gasteiger partial charge >= 0.3 is 0 Å². The number of hydrogen-bond acceptors (Lipinski definition) is 4. The van der Waals surface area contributed by atoms with Crippen LogP contribution in [0.1, 0.15) is 31.4 Å². The molecular weight excluding hydrogens is 474 g/mol. The third-order valence-corrected chi connectivity index (χ3v) is 7.00. The molecule has 0 aliphatic heterocycles. The molecule has 0 aliphatic rings. The van der Waals surface area contributed by atoms with Crippen molar-refractivity contribution >= 4 is 33.4 Å². The van der Waals surface area contributed by atoms with E-state index in [2.05, 4.69) is 19.2 Å². The van der Waals surface area contributed by atoms with E-state index in [1.165, 1.54) is 11.9 Å². The van der Waals surface area contributed by atoms with Crippen molar-refractivity contribution in [3.63, 3.8) is 0 Å². The number of amides is 2. The SMILES string of the molecule is CC(C)CCNC(=O)[C@H](Cc1ccccc1)N(Cc1ccc(Cl)cc1)C(=O)CN(C)S(C)(=O)=O. The molecule has 7 nitrogen and oxygen atoms in total. The fraction of sp³-hybridized carbons (Fsp3) is 0.440. The molecule has 0 aliphatic carbocycles. The second kappa shape index (κ2) is 12.9. The van der Waals surface area contributed by atoms with Gasteiger partial charge in [0.25, 0.3) is 0 Å². The molecule has 2 aromatic rings. The van der Waals surface area contributed by atoms with Crippen molar-refractivity contribution < 1.29 is 18.0 Å². The standard InChI is InChI=1S/C25H34ClN3O4S/c1-19(2)14-15-27-25(31)23(16-20-8-6-5-7-9-20)29(17-21-10-12-22(26)13-11-21)24(30)18-28(3)34(4,32)33/h5-13,19,23H,14-18H2,1-4H3,(H,27,31)/t23-/m0/s1. The van der Waals surface area contributed by atoms with Gasteiger partial charge in [0.15, 0.2) is 0 Å². The summed E-state index contributed by atoms with van der Waals surface area (Å²) in [5.74, 6) is -0.306. The van der Waals surface area contributed by atoms with E-state index in [-0.39, 0.29) is 19.0 Å². The Hall–Kier alpha value is -2.42. The van der Waals surface area contributed by atoms with Crippen LogP contribution in [0.5, 0.6) is 0 Å². The van der Waals surface area contributed by atoms with Crippen LogP contribution < -0.4 is 5.32 Å². The highest BCUT2D eigenvalue weighted by atomic mass is 35.5. The van der Waals surface area contributed by atoms with Gasteiger partial charge in [0.05, 0.1) is 12.8 Å². The van der Waals surface area contributed by atoms with Gasteiger partial charge in [-0.3, -0.25) is 9.59 Å². The molecule has 34 heavy (non-hydrogen) atoms. The zero-order valence-electron chi connectivity index (χ0n) is 20.2. The molecule has 1 N–H and O–H groups in total. The van der Waals surface area contributed by atoms with Crippen LogP contribution in [-0.2, 0) is 32.6 Å². The number of likely N-dealkylation sites (N-methyl/N-ethyl adjacent to an activating group) is 1. The normalized spacial score (nSPS) is 12.6. The molecule has 0 bridgehead atoms. The van der Waals surface area contributed by atoms with Crippen LogP contribution >= 0.6 is 11.6 Å². The van der Waals surface area contributed by atoms with E-state index in [1.54, 1.807) is 24.3 Å². The Morgan fingerprint density at radius 1 is 1.00 bits per heavy atom. The maximum Gasteiger partial charge on any atom is 0.243 e. The Kier molecular flexibility index (Phi) is 10.5. The monoisotopic (exact) mass is 507 g/mol. The van der Waals surface area contributed by atoms with E-state index in [4.69, 9.17) is 11.6 Å². The van der Waals surface area contributed by atoms with Crippen LogP contribution in [0, 0.1) is 5.92 Å². The Balaban J connectivity index is 2.40. The van der Waals surface area contributed by atoms with E-state index in [9.17, 15) is 18.0 Å². The molecule has 186 valence electrons. The first-order valence-electron chi connectivity index (χ1n) is 11.2. The number of sulfonamides is 1. The highest BCUT2D eigenvalue weighted by Crippen LogP contribution is 2.17. The number of hydrogen-bond donors (Lipinski definition) is 1. The molecule has 0 aromatic heterocycles. The second-order valence-corrected chi connectivity index (χ2v) is 11.4. The van der Waals surface area contributed by atoms with Gasteiger partial charge in [-0.2, -0.15) is 4.31 Å². The van der Waals surface area contributed by atoms with Crippen LogP contribution in [0.25, 0.3) is 0 Å².